The average Bonchev–Trinajstić information content (AvgIpc) is 2.84. The van der Waals surface area contributed by atoms with Crippen LogP contribution in [0.2, 0.25) is 0 Å². The lowest BCUT2D eigenvalue weighted by molar-refractivity contribution is -0.126. The Bertz CT molecular complexity index is 1050. The van der Waals surface area contributed by atoms with Gasteiger partial charge in [-0.1, -0.05) is 48.5 Å². The van der Waals surface area contributed by atoms with Crippen molar-refractivity contribution in [2.24, 2.45) is 5.92 Å². The highest BCUT2D eigenvalue weighted by atomic mass is 16.5. The molecule has 1 heterocycles. The van der Waals surface area contributed by atoms with Gasteiger partial charge < -0.3 is 14.8 Å². The molecule has 168 valence electrons. The van der Waals surface area contributed by atoms with Crippen LogP contribution in [0, 0.1) is 5.92 Å². The maximum Gasteiger partial charge on any atom is 0.223 e. The van der Waals surface area contributed by atoms with E-state index in [0.717, 1.165) is 56.0 Å². The lowest BCUT2D eigenvalue weighted by atomic mass is 9.95. The van der Waals surface area contributed by atoms with Crippen LogP contribution in [0.15, 0.2) is 60.7 Å². The van der Waals surface area contributed by atoms with Gasteiger partial charge in [0.25, 0.3) is 0 Å². The van der Waals surface area contributed by atoms with Gasteiger partial charge in [0.05, 0.1) is 14.2 Å². The van der Waals surface area contributed by atoms with E-state index in [4.69, 9.17) is 9.47 Å². The van der Waals surface area contributed by atoms with E-state index in [0.29, 0.717) is 6.54 Å². The Morgan fingerprint density at radius 2 is 1.72 bits per heavy atom. The monoisotopic (exact) mass is 432 g/mol. The largest absolute Gasteiger partial charge is 0.493 e. The molecular weight excluding hydrogens is 400 g/mol. The van der Waals surface area contributed by atoms with Crippen molar-refractivity contribution in [2.45, 2.75) is 25.8 Å². The Labute approximate surface area is 190 Å². The molecular formula is C27H32N2O3. The molecule has 32 heavy (non-hydrogen) atoms. The summed E-state index contributed by atoms with van der Waals surface area (Å²) in [4.78, 5) is 15.1. The van der Waals surface area contributed by atoms with Crippen molar-refractivity contribution in [3.8, 4) is 11.5 Å². The maximum atomic E-state index is 12.7. The zero-order valence-corrected chi connectivity index (χ0v) is 19.0. The number of nitrogens with zero attached hydrogens (tertiary/aromatic N) is 1. The van der Waals surface area contributed by atoms with Crippen molar-refractivity contribution in [1.82, 2.24) is 10.2 Å². The van der Waals surface area contributed by atoms with Gasteiger partial charge in [0.2, 0.25) is 5.91 Å². The number of piperidine rings is 1. The number of fused-ring (bicyclic) bond motifs is 1. The Morgan fingerprint density at radius 3 is 2.50 bits per heavy atom. The fraction of sp³-hybridized carbons (Fsp3) is 0.370. The van der Waals surface area contributed by atoms with E-state index in [1.807, 2.05) is 18.2 Å². The Morgan fingerprint density at radius 1 is 0.969 bits per heavy atom. The second-order valence-electron chi connectivity index (χ2n) is 8.42. The molecule has 1 fully saturated rings. The molecule has 1 aliphatic heterocycles. The number of methoxy groups -OCH3 is 2. The van der Waals surface area contributed by atoms with Gasteiger partial charge in [-0.15, -0.1) is 0 Å². The zero-order valence-electron chi connectivity index (χ0n) is 19.0. The topological polar surface area (TPSA) is 50.8 Å². The van der Waals surface area contributed by atoms with Crippen LogP contribution in [0.1, 0.15) is 24.0 Å². The molecule has 3 aromatic rings. The minimum Gasteiger partial charge on any atom is -0.493 e. The van der Waals surface area contributed by atoms with E-state index in [1.165, 1.54) is 16.3 Å². The quantitative estimate of drug-likeness (QED) is 0.572. The van der Waals surface area contributed by atoms with E-state index in [1.54, 1.807) is 14.2 Å². The fourth-order valence-electron chi connectivity index (χ4n) is 4.54. The highest BCUT2D eigenvalue weighted by molar-refractivity contribution is 5.85. The van der Waals surface area contributed by atoms with Crippen LogP contribution < -0.4 is 14.8 Å². The van der Waals surface area contributed by atoms with Crippen molar-refractivity contribution in [2.75, 3.05) is 33.9 Å². The molecule has 5 nitrogen and oxygen atoms in total. The maximum absolute atomic E-state index is 12.7. The molecule has 0 unspecified atom stereocenters. The molecule has 1 amide bonds. The molecule has 0 saturated carbocycles. The summed E-state index contributed by atoms with van der Waals surface area (Å²) in [7, 11) is 3.27. The lowest BCUT2D eigenvalue weighted by Gasteiger charge is -2.31. The summed E-state index contributed by atoms with van der Waals surface area (Å²) in [6.45, 7) is 3.48. The summed E-state index contributed by atoms with van der Waals surface area (Å²) < 4.78 is 10.6. The Kier molecular flexibility index (Phi) is 7.28. The molecule has 0 atom stereocenters. The first kappa shape index (κ1) is 22.2. The van der Waals surface area contributed by atoms with Crippen LogP contribution in [-0.2, 0) is 17.8 Å². The average molecular weight is 433 g/mol. The molecule has 1 aliphatic rings. The number of amides is 1. The number of nitrogens with one attached hydrogen (secondary N) is 1. The predicted octanol–water partition coefficient (Wildman–Crippen LogP) is 4.43. The summed E-state index contributed by atoms with van der Waals surface area (Å²) in [6.07, 6.45) is 2.59. The van der Waals surface area contributed by atoms with Crippen LogP contribution >= 0.6 is 0 Å². The van der Waals surface area contributed by atoms with Crippen molar-refractivity contribution >= 4 is 16.7 Å². The number of likely N-dealkylation sites (tertiary alicyclic amines) is 1. The van der Waals surface area contributed by atoms with Gasteiger partial charge in [0.15, 0.2) is 11.5 Å². The lowest BCUT2D eigenvalue weighted by Crippen LogP contribution is -2.40. The number of hydrogen-bond donors (Lipinski definition) is 1. The minimum absolute atomic E-state index is 0.101. The molecule has 0 radical (unpaired) electrons. The third-order valence-electron chi connectivity index (χ3n) is 6.39. The van der Waals surface area contributed by atoms with E-state index >= 15 is 0 Å². The Balaban J connectivity index is 1.24. The minimum atomic E-state index is 0.101. The second-order valence-corrected chi connectivity index (χ2v) is 8.42. The predicted molar refractivity (Wildman–Crippen MR) is 128 cm³/mol. The van der Waals surface area contributed by atoms with Gasteiger partial charge >= 0.3 is 0 Å². The van der Waals surface area contributed by atoms with Gasteiger partial charge in [-0.25, -0.2) is 0 Å². The molecule has 0 aromatic heterocycles. The van der Waals surface area contributed by atoms with Crippen molar-refractivity contribution in [1.29, 1.82) is 0 Å². The summed E-state index contributed by atoms with van der Waals surface area (Å²) >= 11 is 0. The van der Waals surface area contributed by atoms with Crippen molar-refractivity contribution < 1.29 is 14.3 Å². The zero-order chi connectivity index (χ0) is 22.3. The van der Waals surface area contributed by atoms with Gasteiger partial charge in [-0.3, -0.25) is 9.69 Å². The standard InChI is InChI=1S/C27H32N2O3/c1-31-25-11-10-20(18-26(25)32-2)12-15-28-27(30)22-13-16-29(17-14-22)19-23-8-5-7-21-6-3-4-9-24(21)23/h3-11,18,22H,12-17,19H2,1-2H3,(H,28,30). The first-order valence-electron chi connectivity index (χ1n) is 11.4. The molecule has 1 saturated heterocycles. The molecule has 0 bridgehead atoms. The molecule has 5 heteroatoms. The normalized spacial score (nSPS) is 14.9. The highest BCUT2D eigenvalue weighted by Gasteiger charge is 2.25. The van der Waals surface area contributed by atoms with Gasteiger partial charge in [-0.05, 0) is 66.4 Å². The Hall–Kier alpha value is -3.05. The molecule has 4 rings (SSSR count). The van der Waals surface area contributed by atoms with Crippen LogP contribution in [-0.4, -0.2) is 44.7 Å². The summed E-state index contributed by atoms with van der Waals surface area (Å²) in [5.74, 6) is 1.71. The van der Waals surface area contributed by atoms with E-state index in [9.17, 15) is 4.79 Å². The van der Waals surface area contributed by atoms with Gasteiger partial charge in [0.1, 0.15) is 0 Å². The van der Waals surface area contributed by atoms with Crippen molar-refractivity contribution in [3.63, 3.8) is 0 Å². The summed E-state index contributed by atoms with van der Waals surface area (Å²) in [5, 5.41) is 5.74. The van der Waals surface area contributed by atoms with Crippen LogP contribution in [0.25, 0.3) is 10.8 Å². The van der Waals surface area contributed by atoms with E-state index < -0.39 is 0 Å². The first-order valence-corrected chi connectivity index (χ1v) is 11.4. The number of rotatable bonds is 8. The van der Waals surface area contributed by atoms with Crippen LogP contribution in [0.5, 0.6) is 11.5 Å². The molecule has 3 aromatic carbocycles. The van der Waals surface area contributed by atoms with Crippen LogP contribution in [0.3, 0.4) is 0 Å². The van der Waals surface area contributed by atoms with Gasteiger partial charge in [0, 0.05) is 19.0 Å². The van der Waals surface area contributed by atoms with Crippen LogP contribution in [0.4, 0.5) is 0 Å². The van der Waals surface area contributed by atoms with E-state index in [-0.39, 0.29) is 11.8 Å². The molecule has 0 spiro atoms. The molecule has 1 N–H and O–H groups in total. The SMILES string of the molecule is COc1ccc(CCNC(=O)C2CCN(Cc3cccc4ccccc34)CC2)cc1OC. The number of ether oxygens (including phenoxy) is 2. The van der Waals surface area contributed by atoms with Gasteiger partial charge in [-0.2, -0.15) is 0 Å². The highest BCUT2D eigenvalue weighted by Crippen LogP contribution is 2.28. The third-order valence-corrected chi connectivity index (χ3v) is 6.39. The number of benzene rings is 3. The second kappa shape index (κ2) is 10.5. The number of carbonyl (C=O) groups is 1. The molecule has 0 aliphatic carbocycles. The number of hydrogen-bond acceptors (Lipinski definition) is 4. The number of carbonyl (C=O) groups excluding carboxylic acids is 1. The fourth-order valence-corrected chi connectivity index (χ4v) is 4.54. The summed E-state index contributed by atoms with van der Waals surface area (Å²) in [6, 6.07) is 21.0. The van der Waals surface area contributed by atoms with Crippen molar-refractivity contribution in [3.05, 3.63) is 71.8 Å². The third kappa shape index (κ3) is 5.22. The smallest absolute Gasteiger partial charge is 0.223 e. The first-order chi connectivity index (χ1) is 15.7. The summed E-state index contributed by atoms with van der Waals surface area (Å²) in [5.41, 5.74) is 2.48. The van der Waals surface area contributed by atoms with E-state index in [2.05, 4.69) is 52.7 Å².